The molecule has 0 N–H and O–H groups in total. The van der Waals surface area contributed by atoms with Crippen molar-refractivity contribution < 1.29 is 77.3 Å². The standard InChI is InChI=1S/4C21H21O3P.Pd/c4*1-22-16-4-10-19(11-5-16)25(20-12-6-17(23-2)7-13-20)21-14-8-18(24-3)9-15-21;/h4*4-15H,1-3H3;/p+4. The summed E-state index contributed by atoms with van der Waals surface area (Å²) >= 11 is 0. The molecule has 522 valence electrons. The molecule has 0 aliphatic rings. The summed E-state index contributed by atoms with van der Waals surface area (Å²) < 4.78 is 63.6. The molecular formula is C84H88O12P4Pd+4. The maximum Gasteiger partial charge on any atom is 0.119 e. The van der Waals surface area contributed by atoms with E-state index in [0.717, 1.165) is 69.0 Å². The third-order valence-electron chi connectivity index (χ3n) is 16.5. The zero-order chi connectivity index (χ0) is 70.6. The topological polar surface area (TPSA) is 111 Å². The summed E-state index contributed by atoms with van der Waals surface area (Å²) in [5.41, 5.74) is 0. The molecule has 0 atom stereocenters. The third kappa shape index (κ3) is 21.3. The molecule has 0 aromatic heterocycles. The summed E-state index contributed by atoms with van der Waals surface area (Å²) in [6.45, 7) is 0. The number of rotatable bonds is 24. The van der Waals surface area contributed by atoms with E-state index in [0.29, 0.717) is 0 Å². The molecule has 17 heteroatoms. The van der Waals surface area contributed by atoms with Gasteiger partial charge in [-0.05, 0) is 291 Å². The van der Waals surface area contributed by atoms with Crippen molar-refractivity contribution in [1.82, 2.24) is 0 Å². The Morgan fingerprint density at radius 1 is 0.119 bits per heavy atom. The van der Waals surface area contributed by atoms with Crippen molar-refractivity contribution in [3.8, 4) is 69.0 Å². The van der Waals surface area contributed by atoms with Crippen LogP contribution in [-0.4, -0.2) is 85.3 Å². The Morgan fingerprint density at radius 3 is 0.228 bits per heavy atom. The van der Waals surface area contributed by atoms with Gasteiger partial charge in [-0.2, -0.15) is 0 Å². The summed E-state index contributed by atoms with van der Waals surface area (Å²) in [4.78, 5) is 0. The molecule has 0 saturated carbocycles. The molecule has 0 heterocycles. The van der Waals surface area contributed by atoms with Gasteiger partial charge in [0.1, 0.15) is 133 Å². The van der Waals surface area contributed by atoms with Crippen molar-refractivity contribution in [2.45, 2.75) is 0 Å². The van der Waals surface area contributed by atoms with E-state index in [9.17, 15) is 0 Å². The Bertz CT molecular complexity index is 3310. The summed E-state index contributed by atoms with van der Waals surface area (Å²) in [6.07, 6.45) is 0. The van der Waals surface area contributed by atoms with Crippen molar-refractivity contribution in [1.29, 1.82) is 0 Å². The Morgan fingerprint density at radius 2 is 0.178 bits per heavy atom. The number of ether oxygens (including phenoxy) is 12. The molecule has 0 amide bonds. The predicted octanol–water partition coefficient (Wildman–Crippen LogP) is 12.8. The number of hydrogen-bond donors (Lipinski definition) is 0. The van der Waals surface area contributed by atoms with Gasteiger partial charge >= 0.3 is 0 Å². The van der Waals surface area contributed by atoms with E-state index in [-0.39, 0.29) is 20.4 Å². The number of benzene rings is 12. The van der Waals surface area contributed by atoms with Gasteiger partial charge in [-0.3, -0.25) is 0 Å². The molecule has 0 fully saturated rings. The van der Waals surface area contributed by atoms with E-state index in [2.05, 4.69) is 146 Å². The van der Waals surface area contributed by atoms with Crippen LogP contribution >= 0.6 is 31.7 Å². The van der Waals surface area contributed by atoms with Gasteiger partial charge in [0.2, 0.25) is 0 Å². The zero-order valence-electron chi connectivity index (χ0n) is 58.9. The van der Waals surface area contributed by atoms with Gasteiger partial charge in [-0.25, -0.2) is 0 Å². The summed E-state index contributed by atoms with van der Waals surface area (Å²) in [6, 6.07) is 100. The Labute approximate surface area is 614 Å². The van der Waals surface area contributed by atoms with E-state index in [4.69, 9.17) is 56.8 Å². The molecule has 101 heavy (non-hydrogen) atoms. The summed E-state index contributed by atoms with van der Waals surface area (Å²) in [5, 5.41) is 15.7. The van der Waals surface area contributed by atoms with Crippen LogP contribution in [0, 0.1) is 0 Å². The first-order valence-corrected chi connectivity index (χ1v) is 38.2. The maximum absolute atomic E-state index is 5.30. The molecule has 12 nitrogen and oxygen atoms in total. The molecule has 12 aromatic carbocycles. The van der Waals surface area contributed by atoms with Crippen molar-refractivity contribution in [3.05, 3.63) is 291 Å². The van der Waals surface area contributed by atoms with Crippen molar-refractivity contribution in [2.75, 3.05) is 85.3 Å². The Hall–Kier alpha value is -9.38. The smallest absolute Gasteiger partial charge is 0.119 e. The van der Waals surface area contributed by atoms with E-state index < -0.39 is 31.7 Å². The second kappa shape index (κ2) is 40.2. The monoisotopic (exact) mass is 1520 g/mol. The van der Waals surface area contributed by atoms with Crippen molar-refractivity contribution in [2.24, 2.45) is 0 Å². The van der Waals surface area contributed by atoms with Crippen LogP contribution in [0.5, 0.6) is 69.0 Å². The van der Waals surface area contributed by atoms with Gasteiger partial charge in [-0.15, -0.1) is 0 Å². The van der Waals surface area contributed by atoms with Crippen molar-refractivity contribution >= 4 is 95.3 Å². The maximum atomic E-state index is 5.30. The van der Waals surface area contributed by atoms with Gasteiger partial charge in [0.25, 0.3) is 0 Å². The fourth-order valence-corrected chi connectivity index (χ4v) is 21.1. The average molecular weight is 1520 g/mol. The van der Waals surface area contributed by atoms with Gasteiger partial charge in [-0.1, -0.05) is 0 Å². The molecule has 12 rings (SSSR count). The average Bonchev–Trinajstić information content (AvgIpc) is 0.841. The van der Waals surface area contributed by atoms with E-state index in [1.165, 1.54) is 63.7 Å². The minimum absolute atomic E-state index is 0. The van der Waals surface area contributed by atoms with Crippen LogP contribution in [0.1, 0.15) is 0 Å². The second-order valence-corrected chi connectivity index (χ2v) is 32.2. The van der Waals surface area contributed by atoms with Crippen LogP contribution < -0.4 is 120 Å². The SMILES string of the molecule is COc1ccc([PH+](c2ccc(OC)cc2)c2ccc(OC)cc2)cc1.COc1ccc([PH+](c2ccc(OC)cc2)c2ccc(OC)cc2)cc1.COc1ccc([PH+](c2ccc(OC)cc2)c2ccc(OC)cc2)cc1.COc1ccc([PH+](c2ccc(OC)cc2)c2ccc(OC)cc2)cc1.[Pd]. The molecule has 0 aliphatic heterocycles. The molecule has 12 aromatic rings. The largest absolute Gasteiger partial charge is 0.497 e. The Kier molecular flexibility index (Phi) is 30.8. The molecular weight excluding hydrogens is 1430 g/mol. The van der Waals surface area contributed by atoms with Crippen LogP contribution in [0.25, 0.3) is 0 Å². The van der Waals surface area contributed by atoms with Crippen LogP contribution in [0.2, 0.25) is 0 Å². The van der Waals surface area contributed by atoms with Gasteiger partial charge < -0.3 is 56.8 Å². The van der Waals surface area contributed by atoms with Crippen LogP contribution in [-0.2, 0) is 20.4 Å². The fourth-order valence-electron chi connectivity index (χ4n) is 11.1. The minimum atomic E-state index is -1.12. The van der Waals surface area contributed by atoms with Gasteiger partial charge in [0.05, 0.1) is 117 Å². The molecule has 0 aliphatic carbocycles. The number of methoxy groups -OCH3 is 12. The summed E-state index contributed by atoms with van der Waals surface area (Å²) in [7, 11) is 15.8. The van der Waals surface area contributed by atoms with Crippen LogP contribution in [0.4, 0.5) is 0 Å². The predicted molar refractivity (Wildman–Crippen MR) is 425 cm³/mol. The first-order chi connectivity index (χ1) is 49.0. The fraction of sp³-hybridized carbons (Fsp3) is 0.143. The van der Waals surface area contributed by atoms with E-state index >= 15 is 0 Å². The number of hydrogen-bond acceptors (Lipinski definition) is 12. The molecule has 0 radical (unpaired) electrons. The van der Waals surface area contributed by atoms with E-state index in [1.807, 2.05) is 146 Å². The summed E-state index contributed by atoms with van der Waals surface area (Å²) in [5.74, 6) is 10.4. The molecule has 0 spiro atoms. The normalized spacial score (nSPS) is 10.5. The first kappa shape index (κ1) is 77.4. The zero-order valence-corrected chi connectivity index (χ0v) is 64.5. The van der Waals surface area contributed by atoms with Crippen LogP contribution in [0.3, 0.4) is 0 Å². The molecule has 0 saturated heterocycles. The quantitative estimate of drug-likeness (QED) is 0.0424. The van der Waals surface area contributed by atoms with Crippen LogP contribution in [0.15, 0.2) is 291 Å². The molecule has 0 unspecified atom stereocenters. The van der Waals surface area contributed by atoms with Gasteiger partial charge in [0, 0.05) is 20.4 Å². The minimum Gasteiger partial charge on any atom is -0.497 e. The Balaban J connectivity index is 0.000000171. The van der Waals surface area contributed by atoms with E-state index in [1.54, 1.807) is 85.3 Å². The third-order valence-corrected chi connectivity index (χ3v) is 27.5. The first-order valence-electron chi connectivity index (χ1n) is 32.2. The second-order valence-electron chi connectivity index (χ2n) is 22.2. The van der Waals surface area contributed by atoms with Crippen molar-refractivity contribution in [3.63, 3.8) is 0 Å². The van der Waals surface area contributed by atoms with Gasteiger partial charge in [0.15, 0.2) is 0 Å². The molecule has 0 bridgehead atoms.